The van der Waals surface area contributed by atoms with E-state index in [1.807, 2.05) is 19.9 Å². The molecular weight excluding hydrogens is 114 g/mol. The van der Waals surface area contributed by atoms with E-state index in [0.717, 1.165) is 0 Å². The van der Waals surface area contributed by atoms with Gasteiger partial charge in [0.15, 0.2) is 0 Å². The molecule has 0 aromatic rings. The summed E-state index contributed by atoms with van der Waals surface area (Å²) in [7, 11) is 0. The number of hydrogen-bond donors (Lipinski definition) is 0. The molecule has 0 saturated heterocycles. The minimum atomic E-state index is 0.244. The van der Waals surface area contributed by atoms with E-state index < -0.39 is 0 Å². The van der Waals surface area contributed by atoms with Crippen LogP contribution in [-0.4, -0.2) is 12.7 Å². The van der Waals surface area contributed by atoms with Crippen molar-refractivity contribution in [2.75, 3.05) is 6.61 Å². The summed E-state index contributed by atoms with van der Waals surface area (Å²) in [4.78, 5) is 0. The van der Waals surface area contributed by atoms with Crippen LogP contribution < -0.4 is 0 Å². The summed E-state index contributed by atoms with van der Waals surface area (Å²) in [5.74, 6) is 0. The number of nitrogens with zero attached hydrogens (tertiary/aromatic N) is 1. The van der Waals surface area contributed by atoms with E-state index in [9.17, 15) is 0 Å². The fourth-order valence-corrected chi connectivity index (χ4v) is 0.349. The second-order valence-corrected chi connectivity index (χ2v) is 1.91. The molecule has 0 aromatic heterocycles. The number of nitriles is 1. The second kappa shape index (κ2) is 5.33. The molecule has 0 unspecified atom stereocenters. The molecule has 0 aliphatic carbocycles. The van der Waals surface area contributed by atoms with Crippen LogP contribution in [0.15, 0.2) is 12.2 Å². The minimum Gasteiger partial charge on any atom is -0.375 e. The third-order valence-electron chi connectivity index (χ3n) is 0.718. The van der Waals surface area contributed by atoms with Gasteiger partial charge >= 0.3 is 0 Å². The fraction of sp³-hybridized carbons (Fsp3) is 0.571. The largest absolute Gasteiger partial charge is 0.375 e. The molecule has 0 bridgehead atoms. The Labute approximate surface area is 55.7 Å². The van der Waals surface area contributed by atoms with Crippen LogP contribution in [0.4, 0.5) is 0 Å². The van der Waals surface area contributed by atoms with Crippen LogP contribution in [0.1, 0.15) is 13.8 Å². The summed E-state index contributed by atoms with van der Waals surface area (Å²) in [5, 5.41) is 8.04. The van der Waals surface area contributed by atoms with Gasteiger partial charge in [-0.05, 0) is 19.9 Å². The lowest BCUT2D eigenvalue weighted by Crippen LogP contribution is -2.01. The average molecular weight is 125 g/mol. The summed E-state index contributed by atoms with van der Waals surface area (Å²) in [6.07, 6.45) is 3.36. The van der Waals surface area contributed by atoms with Crippen molar-refractivity contribution in [3.8, 4) is 6.07 Å². The van der Waals surface area contributed by atoms with E-state index >= 15 is 0 Å². The molecule has 0 atom stereocenters. The summed E-state index contributed by atoms with van der Waals surface area (Å²) in [6.45, 7) is 4.45. The van der Waals surface area contributed by atoms with Crippen molar-refractivity contribution in [1.82, 2.24) is 0 Å². The van der Waals surface area contributed by atoms with Crippen molar-refractivity contribution in [2.45, 2.75) is 20.0 Å². The molecule has 2 nitrogen and oxygen atoms in total. The monoisotopic (exact) mass is 125 g/mol. The smallest absolute Gasteiger partial charge is 0.0909 e. The van der Waals surface area contributed by atoms with E-state index in [1.165, 1.54) is 6.08 Å². The molecular formula is C7H11NO. The molecule has 0 heterocycles. The lowest BCUT2D eigenvalue weighted by Gasteiger charge is -2.01. The highest BCUT2D eigenvalue weighted by atomic mass is 16.5. The van der Waals surface area contributed by atoms with E-state index in [0.29, 0.717) is 6.61 Å². The first-order valence-electron chi connectivity index (χ1n) is 2.93. The Kier molecular flexibility index (Phi) is 4.85. The molecule has 0 radical (unpaired) electrons. The Balaban J connectivity index is 3.12. The van der Waals surface area contributed by atoms with Gasteiger partial charge in [0.05, 0.1) is 18.8 Å². The normalized spacial score (nSPS) is 10.4. The predicted octanol–water partition coefficient (Wildman–Crippen LogP) is 1.49. The van der Waals surface area contributed by atoms with Gasteiger partial charge in [0, 0.05) is 6.08 Å². The Morgan fingerprint density at radius 2 is 2.33 bits per heavy atom. The zero-order valence-corrected chi connectivity index (χ0v) is 5.79. The average Bonchev–Trinajstić information content (AvgIpc) is 1.80. The van der Waals surface area contributed by atoms with Crippen LogP contribution in [0.25, 0.3) is 0 Å². The number of rotatable bonds is 3. The van der Waals surface area contributed by atoms with Crippen LogP contribution in [0.5, 0.6) is 0 Å². The summed E-state index contributed by atoms with van der Waals surface area (Å²) in [6, 6.07) is 1.88. The Morgan fingerprint density at radius 3 is 2.78 bits per heavy atom. The molecule has 9 heavy (non-hydrogen) atoms. The standard InChI is InChI=1S/C7H11NO/c1-7(2)9-6-4-3-5-8/h3-4,7H,6H2,1-2H3/b4-3-. The summed E-state index contributed by atoms with van der Waals surface area (Å²) < 4.78 is 5.11. The molecule has 0 rings (SSSR count). The van der Waals surface area contributed by atoms with Crippen LogP contribution in [0.3, 0.4) is 0 Å². The summed E-state index contributed by atoms with van der Waals surface area (Å²) in [5.41, 5.74) is 0. The Morgan fingerprint density at radius 1 is 1.67 bits per heavy atom. The maximum Gasteiger partial charge on any atom is 0.0909 e. The molecule has 0 aliphatic heterocycles. The van der Waals surface area contributed by atoms with Crippen LogP contribution in [0.2, 0.25) is 0 Å². The van der Waals surface area contributed by atoms with Crippen molar-refractivity contribution < 1.29 is 4.74 Å². The lowest BCUT2D eigenvalue weighted by molar-refractivity contribution is 0.103. The lowest BCUT2D eigenvalue weighted by atomic mass is 10.5. The zero-order valence-electron chi connectivity index (χ0n) is 5.79. The van der Waals surface area contributed by atoms with Crippen molar-refractivity contribution in [3.05, 3.63) is 12.2 Å². The van der Waals surface area contributed by atoms with Gasteiger partial charge in [0.2, 0.25) is 0 Å². The SMILES string of the molecule is CC(C)OC/C=C\C#N. The van der Waals surface area contributed by atoms with E-state index in [-0.39, 0.29) is 6.10 Å². The zero-order chi connectivity index (χ0) is 7.11. The minimum absolute atomic E-state index is 0.244. The molecule has 0 fully saturated rings. The van der Waals surface area contributed by atoms with Gasteiger partial charge < -0.3 is 4.74 Å². The Hall–Kier alpha value is -0.810. The third-order valence-corrected chi connectivity index (χ3v) is 0.718. The summed E-state index contributed by atoms with van der Waals surface area (Å²) >= 11 is 0. The highest BCUT2D eigenvalue weighted by molar-refractivity contribution is 5.01. The number of allylic oxidation sites excluding steroid dienone is 1. The van der Waals surface area contributed by atoms with Gasteiger partial charge in [-0.15, -0.1) is 0 Å². The topological polar surface area (TPSA) is 33.0 Å². The maximum atomic E-state index is 8.04. The fourth-order valence-electron chi connectivity index (χ4n) is 0.349. The second-order valence-electron chi connectivity index (χ2n) is 1.91. The first-order valence-corrected chi connectivity index (χ1v) is 2.93. The van der Waals surface area contributed by atoms with Gasteiger partial charge in [0.1, 0.15) is 0 Å². The van der Waals surface area contributed by atoms with Gasteiger partial charge in [0.25, 0.3) is 0 Å². The molecule has 0 aliphatic rings. The van der Waals surface area contributed by atoms with Crippen LogP contribution in [-0.2, 0) is 4.74 Å². The van der Waals surface area contributed by atoms with Crippen molar-refractivity contribution >= 4 is 0 Å². The third kappa shape index (κ3) is 7.19. The Bertz CT molecular complexity index is 121. The van der Waals surface area contributed by atoms with E-state index in [4.69, 9.17) is 10.00 Å². The van der Waals surface area contributed by atoms with E-state index in [1.54, 1.807) is 6.08 Å². The van der Waals surface area contributed by atoms with Crippen LogP contribution >= 0.6 is 0 Å². The maximum absolute atomic E-state index is 8.04. The molecule has 0 amide bonds. The van der Waals surface area contributed by atoms with Crippen LogP contribution in [0, 0.1) is 11.3 Å². The van der Waals surface area contributed by atoms with Crippen molar-refractivity contribution in [2.24, 2.45) is 0 Å². The molecule has 2 heteroatoms. The first-order chi connectivity index (χ1) is 4.27. The first kappa shape index (κ1) is 8.19. The highest BCUT2D eigenvalue weighted by Gasteiger charge is 1.86. The van der Waals surface area contributed by atoms with Crippen molar-refractivity contribution in [1.29, 1.82) is 5.26 Å². The van der Waals surface area contributed by atoms with Gasteiger partial charge in [-0.2, -0.15) is 5.26 Å². The quantitative estimate of drug-likeness (QED) is 0.535. The van der Waals surface area contributed by atoms with Gasteiger partial charge in [-0.25, -0.2) is 0 Å². The van der Waals surface area contributed by atoms with Gasteiger partial charge in [-0.1, -0.05) is 0 Å². The molecule has 0 N–H and O–H groups in total. The molecule has 50 valence electrons. The number of ether oxygens (including phenoxy) is 1. The van der Waals surface area contributed by atoms with Gasteiger partial charge in [-0.3, -0.25) is 0 Å². The predicted molar refractivity (Wildman–Crippen MR) is 35.8 cm³/mol. The molecule has 0 spiro atoms. The number of hydrogen-bond acceptors (Lipinski definition) is 2. The molecule has 0 saturated carbocycles. The molecule has 0 aromatic carbocycles. The van der Waals surface area contributed by atoms with Crippen molar-refractivity contribution in [3.63, 3.8) is 0 Å². The highest BCUT2D eigenvalue weighted by Crippen LogP contribution is 1.86. The van der Waals surface area contributed by atoms with E-state index in [2.05, 4.69) is 0 Å².